The Kier molecular flexibility index (Phi) is 5.72. The Labute approximate surface area is 153 Å². The normalized spacial score (nSPS) is 10.9. The maximum Gasteiger partial charge on any atom is 0.191 e. The van der Waals surface area contributed by atoms with Gasteiger partial charge < -0.3 is 4.57 Å². The number of benzene rings is 1. The van der Waals surface area contributed by atoms with Crippen LogP contribution in [0.15, 0.2) is 47.9 Å². The van der Waals surface area contributed by atoms with Gasteiger partial charge in [-0.25, -0.2) is 8.78 Å². The average Bonchev–Trinajstić information content (AvgIpc) is 3.06. The Morgan fingerprint density at radius 3 is 2.58 bits per heavy atom. The highest BCUT2D eigenvalue weighted by molar-refractivity contribution is 7.99. The van der Waals surface area contributed by atoms with Crippen LogP contribution in [0.5, 0.6) is 0 Å². The molecule has 2 heterocycles. The summed E-state index contributed by atoms with van der Waals surface area (Å²) in [5, 5.41) is 9.01. The van der Waals surface area contributed by atoms with E-state index in [-0.39, 0.29) is 17.1 Å². The Balaban J connectivity index is 1.78. The van der Waals surface area contributed by atoms with E-state index in [2.05, 4.69) is 15.2 Å². The van der Waals surface area contributed by atoms with Gasteiger partial charge >= 0.3 is 0 Å². The predicted molar refractivity (Wildman–Crippen MR) is 95.0 cm³/mol. The van der Waals surface area contributed by atoms with Crippen molar-refractivity contribution in [3.63, 3.8) is 0 Å². The number of hydrogen-bond acceptors (Lipinski definition) is 5. The number of Topliss-reactive ketones (excluding diaryl/α,β-unsaturated/α-hetero) is 1. The topological polar surface area (TPSA) is 60.7 Å². The Morgan fingerprint density at radius 1 is 1.12 bits per heavy atom. The zero-order chi connectivity index (χ0) is 18.5. The minimum atomic E-state index is -1.03. The van der Waals surface area contributed by atoms with Gasteiger partial charge in [-0.3, -0.25) is 9.78 Å². The summed E-state index contributed by atoms with van der Waals surface area (Å²) in [6, 6.07) is 6.83. The van der Waals surface area contributed by atoms with Crippen LogP contribution >= 0.6 is 11.8 Å². The summed E-state index contributed by atoms with van der Waals surface area (Å²) in [6.07, 6.45) is 4.24. The van der Waals surface area contributed by atoms with Crippen LogP contribution in [-0.4, -0.2) is 31.3 Å². The first kappa shape index (κ1) is 18.2. The van der Waals surface area contributed by atoms with E-state index in [1.54, 1.807) is 12.4 Å². The van der Waals surface area contributed by atoms with Crippen LogP contribution in [0.25, 0.3) is 11.4 Å². The maximum atomic E-state index is 13.3. The first-order chi connectivity index (χ1) is 12.6. The van der Waals surface area contributed by atoms with Gasteiger partial charge in [-0.15, -0.1) is 10.2 Å². The number of hydrogen-bond donors (Lipinski definition) is 0. The molecular weight excluding hydrogens is 358 g/mol. The fraction of sp³-hybridized carbons (Fsp3) is 0.222. The molecule has 3 aromatic rings. The molecule has 0 saturated carbocycles. The highest BCUT2D eigenvalue weighted by Crippen LogP contribution is 2.24. The van der Waals surface area contributed by atoms with Crippen molar-refractivity contribution in [2.45, 2.75) is 25.0 Å². The zero-order valence-electron chi connectivity index (χ0n) is 14.0. The number of pyridine rings is 1. The number of ketones is 1. The second-order valence-electron chi connectivity index (χ2n) is 5.53. The molecule has 8 heteroatoms. The Bertz CT molecular complexity index is 915. The lowest BCUT2D eigenvalue weighted by molar-refractivity contribution is 0.102. The molecule has 0 aliphatic carbocycles. The third-order valence-electron chi connectivity index (χ3n) is 3.68. The van der Waals surface area contributed by atoms with Crippen LogP contribution in [0.4, 0.5) is 8.78 Å². The van der Waals surface area contributed by atoms with Gasteiger partial charge in [0.2, 0.25) is 0 Å². The van der Waals surface area contributed by atoms with Crippen molar-refractivity contribution in [1.82, 2.24) is 19.7 Å². The van der Waals surface area contributed by atoms with Gasteiger partial charge in [0.05, 0.1) is 5.75 Å². The van der Waals surface area contributed by atoms with Gasteiger partial charge in [-0.1, -0.05) is 18.7 Å². The van der Waals surface area contributed by atoms with E-state index < -0.39 is 11.6 Å². The zero-order valence-corrected chi connectivity index (χ0v) is 14.8. The van der Waals surface area contributed by atoms with Crippen LogP contribution in [0.3, 0.4) is 0 Å². The number of thioether (sulfide) groups is 1. The highest BCUT2D eigenvalue weighted by Gasteiger charge is 2.16. The van der Waals surface area contributed by atoms with Crippen molar-refractivity contribution in [3.8, 4) is 11.4 Å². The molecule has 134 valence electrons. The number of halogens is 2. The molecule has 0 aliphatic heterocycles. The van der Waals surface area contributed by atoms with E-state index in [0.717, 1.165) is 24.1 Å². The summed E-state index contributed by atoms with van der Waals surface area (Å²) >= 11 is 1.22. The Hall–Kier alpha value is -2.61. The molecular formula is C18H16F2N4OS. The van der Waals surface area contributed by atoms with E-state index >= 15 is 0 Å². The fourth-order valence-electron chi connectivity index (χ4n) is 2.42. The second-order valence-corrected chi connectivity index (χ2v) is 6.48. The molecule has 0 saturated heterocycles. The van der Waals surface area contributed by atoms with E-state index in [4.69, 9.17) is 0 Å². The summed E-state index contributed by atoms with van der Waals surface area (Å²) in [4.78, 5) is 16.2. The molecule has 0 atom stereocenters. The van der Waals surface area contributed by atoms with Crippen LogP contribution < -0.4 is 0 Å². The minimum absolute atomic E-state index is 0.0588. The SMILES string of the molecule is CCCn1c(SCC(=O)c2ccc(F)c(F)c2)nnc1-c1ccncc1. The van der Waals surface area contributed by atoms with Crippen LogP contribution in [0.2, 0.25) is 0 Å². The van der Waals surface area contributed by atoms with Gasteiger partial charge in [-0.05, 0) is 36.8 Å². The maximum absolute atomic E-state index is 13.3. The van der Waals surface area contributed by atoms with Crippen molar-refractivity contribution in [2.75, 3.05) is 5.75 Å². The second kappa shape index (κ2) is 8.18. The van der Waals surface area contributed by atoms with Crippen LogP contribution in [0.1, 0.15) is 23.7 Å². The van der Waals surface area contributed by atoms with E-state index in [9.17, 15) is 13.6 Å². The van der Waals surface area contributed by atoms with Crippen molar-refractivity contribution in [2.24, 2.45) is 0 Å². The smallest absolute Gasteiger partial charge is 0.191 e. The van der Waals surface area contributed by atoms with Gasteiger partial charge in [0.25, 0.3) is 0 Å². The van der Waals surface area contributed by atoms with Crippen LogP contribution in [-0.2, 0) is 6.54 Å². The first-order valence-electron chi connectivity index (χ1n) is 8.04. The molecule has 2 aromatic heterocycles. The third kappa shape index (κ3) is 3.96. The monoisotopic (exact) mass is 374 g/mol. The van der Waals surface area contributed by atoms with E-state index in [1.165, 1.54) is 17.8 Å². The molecule has 3 rings (SSSR count). The molecule has 0 fully saturated rings. The molecule has 0 aliphatic rings. The number of carbonyl (C=O) groups is 1. The predicted octanol–water partition coefficient (Wildman–Crippen LogP) is 4.00. The molecule has 0 spiro atoms. The summed E-state index contributed by atoms with van der Waals surface area (Å²) in [6.45, 7) is 2.74. The summed E-state index contributed by atoms with van der Waals surface area (Å²) in [7, 11) is 0. The number of carbonyl (C=O) groups excluding carboxylic acids is 1. The largest absolute Gasteiger partial charge is 0.302 e. The number of rotatable bonds is 7. The van der Waals surface area contributed by atoms with Crippen molar-refractivity contribution >= 4 is 17.5 Å². The molecule has 5 nitrogen and oxygen atoms in total. The van der Waals surface area contributed by atoms with Gasteiger partial charge in [0.1, 0.15) is 0 Å². The molecule has 0 unspecified atom stereocenters. The van der Waals surface area contributed by atoms with Gasteiger partial charge in [0.15, 0.2) is 28.4 Å². The average molecular weight is 374 g/mol. The van der Waals surface area contributed by atoms with E-state index in [0.29, 0.717) is 17.5 Å². The Morgan fingerprint density at radius 2 is 1.88 bits per heavy atom. The molecule has 0 bridgehead atoms. The van der Waals surface area contributed by atoms with Crippen molar-refractivity contribution < 1.29 is 13.6 Å². The lowest BCUT2D eigenvalue weighted by Gasteiger charge is -2.08. The van der Waals surface area contributed by atoms with Crippen molar-refractivity contribution in [3.05, 3.63) is 59.9 Å². The van der Waals surface area contributed by atoms with Gasteiger partial charge in [-0.2, -0.15) is 0 Å². The summed E-state index contributed by atoms with van der Waals surface area (Å²) < 4.78 is 28.2. The lowest BCUT2D eigenvalue weighted by Crippen LogP contribution is -2.06. The first-order valence-corrected chi connectivity index (χ1v) is 9.03. The third-order valence-corrected chi connectivity index (χ3v) is 4.64. The van der Waals surface area contributed by atoms with Crippen molar-refractivity contribution in [1.29, 1.82) is 0 Å². The van der Waals surface area contributed by atoms with E-state index in [1.807, 2.05) is 23.6 Å². The highest BCUT2D eigenvalue weighted by atomic mass is 32.2. The lowest BCUT2D eigenvalue weighted by atomic mass is 10.1. The molecule has 1 aromatic carbocycles. The number of nitrogens with zero attached hydrogens (tertiary/aromatic N) is 4. The number of aromatic nitrogens is 4. The summed E-state index contributed by atoms with van der Waals surface area (Å²) in [5.41, 5.74) is 1.02. The van der Waals surface area contributed by atoms with Gasteiger partial charge in [0, 0.05) is 30.1 Å². The molecule has 0 amide bonds. The molecule has 26 heavy (non-hydrogen) atoms. The molecule has 0 radical (unpaired) electrons. The standard InChI is InChI=1S/C18H16F2N4OS/c1-2-9-24-17(12-5-7-21-8-6-12)22-23-18(24)26-11-16(25)13-3-4-14(19)15(20)10-13/h3-8,10H,2,9,11H2,1H3. The summed E-state index contributed by atoms with van der Waals surface area (Å²) in [5.74, 6) is -1.54. The fourth-order valence-corrected chi connectivity index (χ4v) is 3.28. The van der Waals surface area contributed by atoms with Crippen LogP contribution in [0, 0.1) is 11.6 Å². The minimum Gasteiger partial charge on any atom is -0.302 e. The molecule has 0 N–H and O–H groups in total. The quantitative estimate of drug-likeness (QED) is 0.462.